The van der Waals surface area contributed by atoms with Crippen molar-refractivity contribution < 1.29 is 18.0 Å². The Balaban J connectivity index is 1.89. The number of rotatable bonds is 3. The van der Waals surface area contributed by atoms with Crippen molar-refractivity contribution in [1.82, 2.24) is 10.2 Å². The molecular formula is C13H18N2O4S. The zero-order chi connectivity index (χ0) is 14.5. The van der Waals surface area contributed by atoms with E-state index < -0.39 is 28.0 Å². The minimum absolute atomic E-state index is 0.111. The number of hydrogen-bond donors (Lipinski definition) is 1. The van der Waals surface area contributed by atoms with Crippen molar-refractivity contribution in [2.24, 2.45) is 5.92 Å². The topological polar surface area (TPSA) is 83.6 Å². The van der Waals surface area contributed by atoms with E-state index in [-0.39, 0.29) is 23.5 Å². The second-order valence-corrected chi connectivity index (χ2v) is 7.65. The van der Waals surface area contributed by atoms with Gasteiger partial charge in [-0.2, -0.15) is 0 Å². The predicted molar refractivity (Wildman–Crippen MR) is 72.3 cm³/mol. The molecule has 3 rings (SSSR count). The molecule has 1 saturated carbocycles. The average molecular weight is 298 g/mol. The summed E-state index contributed by atoms with van der Waals surface area (Å²) in [4.78, 5) is 26.3. The largest absolute Gasteiger partial charge is 0.342 e. The Morgan fingerprint density at radius 2 is 2.05 bits per heavy atom. The van der Waals surface area contributed by atoms with Crippen LogP contribution in [0.3, 0.4) is 0 Å². The van der Waals surface area contributed by atoms with E-state index in [4.69, 9.17) is 0 Å². The van der Waals surface area contributed by atoms with Gasteiger partial charge in [-0.15, -0.1) is 0 Å². The molecule has 0 radical (unpaired) electrons. The van der Waals surface area contributed by atoms with Crippen LogP contribution in [-0.4, -0.2) is 49.0 Å². The van der Waals surface area contributed by atoms with Gasteiger partial charge >= 0.3 is 0 Å². The van der Waals surface area contributed by atoms with Crippen molar-refractivity contribution in [3.05, 3.63) is 11.5 Å². The van der Waals surface area contributed by atoms with E-state index in [1.54, 1.807) is 0 Å². The summed E-state index contributed by atoms with van der Waals surface area (Å²) in [6, 6.07) is -1.55. The number of carbonyl (C=O) groups is 2. The Kier molecular flexibility index (Phi) is 3.12. The molecule has 3 atom stereocenters. The van der Waals surface area contributed by atoms with Crippen molar-refractivity contribution in [2.45, 2.75) is 44.3 Å². The van der Waals surface area contributed by atoms with Crippen LogP contribution in [0.2, 0.25) is 0 Å². The van der Waals surface area contributed by atoms with Gasteiger partial charge in [0, 0.05) is 5.41 Å². The van der Waals surface area contributed by atoms with Gasteiger partial charge in [-0.3, -0.25) is 9.59 Å². The van der Waals surface area contributed by atoms with E-state index in [1.165, 1.54) is 11.0 Å². The lowest BCUT2D eigenvalue weighted by atomic mass is 10.00. The SMILES string of the molecule is CCC1C(=O)NC(C2CC2)C(=O)N1C1C=CS(=O)(=O)C1. The van der Waals surface area contributed by atoms with E-state index in [1.807, 2.05) is 6.92 Å². The van der Waals surface area contributed by atoms with Gasteiger partial charge in [0.25, 0.3) is 0 Å². The lowest BCUT2D eigenvalue weighted by Crippen LogP contribution is -2.66. The van der Waals surface area contributed by atoms with Crippen molar-refractivity contribution in [3.8, 4) is 0 Å². The van der Waals surface area contributed by atoms with Gasteiger partial charge < -0.3 is 10.2 Å². The number of nitrogens with zero attached hydrogens (tertiary/aromatic N) is 1. The molecule has 2 amide bonds. The van der Waals surface area contributed by atoms with Crippen molar-refractivity contribution in [2.75, 3.05) is 5.75 Å². The molecule has 6 nitrogen and oxygen atoms in total. The standard InChI is InChI=1S/C13H18N2O4S/c1-2-10-12(16)14-11(8-3-4-8)13(17)15(10)9-5-6-20(18,19)7-9/h5-6,8-11H,2-4,7H2,1H3,(H,14,16). The van der Waals surface area contributed by atoms with Crippen molar-refractivity contribution >= 4 is 21.7 Å². The molecular weight excluding hydrogens is 280 g/mol. The molecule has 0 aromatic carbocycles. The summed E-state index contributed by atoms with van der Waals surface area (Å²) >= 11 is 0. The highest BCUT2D eigenvalue weighted by molar-refractivity contribution is 7.94. The Morgan fingerprint density at radius 3 is 2.55 bits per heavy atom. The van der Waals surface area contributed by atoms with Gasteiger partial charge in [-0.05, 0) is 31.3 Å². The summed E-state index contributed by atoms with van der Waals surface area (Å²) in [6.07, 6.45) is 3.90. The molecule has 110 valence electrons. The molecule has 3 aliphatic rings. The Labute approximate surface area is 118 Å². The van der Waals surface area contributed by atoms with E-state index in [0.29, 0.717) is 6.42 Å². The Hall–Kier alpha value is -1.37. The zero-order valence-corrected chi connectivity index (χ0v) is 12.1. The number of piperazine rings is 1. The third-order valence-corrected chi connectivity index (χ3v) is 5.58. The first-order valence-corrected chi connectivity index (χ1v) is 8.68. The molecule has 20 heavy (non-hydrogen) atoms. The van der Waals surface area contributed by atoms with Crippen LogP contribution >= 0.6 is 0 Å². The van der Waals surface area contributed by atoms with Gasteiger partial charge in [0.2, 0.25) is 11.8 Å². The number of hydrogen-bond acceptors (Lipinski definition) is 4. The van der Waals surface area contributed by atoms with Crippen LogP contribution < -0.4 is 5.32 Å². The van der Waals surface area contributed by atoms with Gasteiger partial charge in [0.1, 0.15) is 12.1 Å². The Bertz CT molecular complexity index is 579. The molecule has 1 saturated heterocycles. The van der Waals surface area contributed by atoms with E-state index in [0.717, 1.165) is 18.2 Å². The van der Waals surface area contributed by atoms with Crippen LogP contribution in [0.1, 0.15) is 26.2 Å². The summed E-state index contributed by atoms with van der Waals surface area (Å²) in [7, 11) is -3.25. The van der Waals surface area contributed by atoms with Crippen LogP contribution in [0, 0.1) is 5.92 Å². The highest BCUT2D eigenvalue weighted by Crippen LogP contribution is 2.36. The van der Waals surface area contributed by atoms with Gasteiger partial charge in [-0.1, -0.05) is 6.92 Å². The number of sulfone groups is 1. The van der Waals surface area contributed by atoms with Gasteiger partial charge in [0.05, 0.1) is 11.8 Å². The third kappa shape index (κ3) is 2.24. The van der Waals surface area contributed by atoms with Crippen LogP contribution in [0.4, 0.5) is 0 Å². The fourth-order valence-corrected chi connectivity index (χ4v) is 4.29. The van der Waals surface area contributed by atoms with E-state index in [2.05, 4.69) is 5.32 Å². The maximum Gasteiger partial charge on any atom is 0.246 e. The average Bonchev–Trinajstić information content (AvgIpc) is 3.15. The normalized spacial score (nSPS) is 36.2. The van der Waals surface area contributed by atoms with Crippen molar-refractivity contribution in [3.63, 3.8) is 0 Å². The third-order valence-electron chi connectivity index (χ3n) is 4.21. The number of carbonyl (C=O) groups excluding carboxylic acids is 2. The van der Waals surface area contributed by atoms with Crippen LogP contribution in [0.15, 0.2) is 11.5 Å². The molecule has 0 bridgehead atoms. The number of nitrogens with one attached hydrogen (secondary N) is 1. The number of amides is 2. The van der Waals surface area contributed by atoms with Crippen LogP contribution in [0.5, 0.6) is 0 Å². The van der Waals surface area contributed by atoms with Crippen LogP contribution in [0.25, 0.3) is 0 Å². The lowest BCUT2D eigenvalue weighted by Gasteiger charge is -2.41. The second-order valence-electron chi connectivity index (χ2n) is 5.72. The maximum atomic E-state index is 12.6. The molecule has 0 spiro atoms. The summed E-state index contributed by atoms with van der Waals surface area (Å²) in [5.41, 5.74) is 0. The summed E-state index contributed by atoms with van der Waals surface area (Å²) in [6.45, 7) is 1.83. The fourth-order valence-electron chi connectivity index (χ4n) is 3.01. The predicted octanol–water partition coefficient (Wildman–Crippen LogP) is -0.187. The molecule has 3 unspecified atom stereocenters. The molecule has 2 heterocycles. The zero-order valence-electron chi connectivity index (χ0n) is 11.3. The highest BCUT2D eigenvalue weighted by atomic mass is 32.2. The maximum absolute atomic E-state index is 12.6. The minimum Gasteiger partial charge on any atom is -0.342 e. The molecule has 2 fully saturated rings. The molecule has 0 aromatic rings. The van der Waals surface area contributed by atoms with E-state index >= 15 is 0 Å². The summed E-state index contributed by atoms with van der Waals surface area (Å²) in [5.74, 6) is -0.193. The summed E-state index contributed by atoms with van der Waals surface area (Å²) in [5, 5.41) is 3.95. The second kappa shape index (κ2) is 4.58. The molecule has 1 aliphatic carbocycles. The van der Waals surface area contributed by atoms with Gasteiger partial charge in [0.15, 0.2) is 9.84 Å². The monoisotopic (exact) mass is 298 g/mol. The Morgan fingerprint density at radius 1 is 1.35 bits per heavy atom. The smallest absolute Gasteiger partial charge is 0.246 e. The van der Waals surface area contributed by atoms with Crippen LogP contribution in [-0.2, 0) is 19.4 Å². The van der Waals surface area contributed by atoms with E-state index in [9.17, 15) is 18.0 Å². The fraction of sp³-hybridized carbons (Fsp3) is 0.692. The first-order valence-electron chi connectivity index (χ1n) is 6.96. The lowest BCUT2D eigenvalue weighted by molar-refractivity contribution is -0.151. The molecule has 1 N–H and O–H groups in total. The highest BCUT2D eigenvalue weighted by Gasteiger charge is 2.49. The molecule has 7 heteroatoms. The first kappa shape index (κ1) is 13.6. The molecule has 2 aliphatic heterocycles. The quantitative estimate of drug-likeness (QED) is 0.783. The van der Waals surface area contributed by atoms with Gasteiger partial charge in [-0.25, -0.2) is 8.42 Å². The molecule has 0 aromatic heterocycles. The minimum atomic E-state index is -3.25. The first-order chi connectivity index (χ1) is 9.43. The summed E-state index contributed by atoms with van der Waals surface area (Å²) < 4.78 is 23.1. The van der Waals surface area contributed by atoms with Crippen molar-refractivity contribution in [1.29, 1.82) is 0 Å².